The molecule has 0 aliphatic heterocycles. The monoisotopic (exact) mass is 375 g/mol. The van der Waals surface area contributed by atoms with E-state index in [1.165, 1.54) is 4.90 Å². The molecule has 3 heterocycles. The highest BCUT2D eigenvalue weighted by molar-refractivity contribution is 7.98. The lowest BCUT2D eigenvalue weighted by Crippen LogP contribution is -1.98. The molecule has 6 heteroatoms. The first-order valence-corrected chi connectivity index (χ1v) is 10.1. The average molecular weight is 376 g/mol. The second-order valence-electron chi connectivity index (χ2n) is 6.56. The van der Waals surface area contributed by atoms with E-state index in [2.05, 4.69) is 58.3 Å². The van der Waals surface area contributed by atoms with Gasteiger partial charge in [-0.05, 0) is 56.5 Å². The summed E-state index contributed by atoms with van der Waals surface area (Å²) in [5, 5.41) is 4.44. The number of anilines is 2. The summed E-state index contributed by atoms with van der Waals surface area (Å²) in [6.07, 6.45) is 9.74. The van der Waals surface area contributed by atoms with Crippen molar-refractivity contribution in [1.29, 1.82) is 0 Å². The van der Waals surface area contributed by atoms with E-state index in [1.54, 1.807) is 18.0 Å². The predicted octanol–water partition coefficient (Wildman–Crippen LogP) is 5.54. The zero-order chi connectivity index (χ0) is 18.8. The van der Waals surface area contributed by atoms with Crippen LogP contribution in [0.4, 0.5) is 11.6 Å². The van der Waals surface area contributed by atoms with Gasteiger partial charge in [0.15, 0.2) is 0 Å². The largest absolute Gasteiger partial charge is 0.343 e. The Bertz CT molecular complexity index is 1070. The Kier molecular flexibility index (Phi) is 4.81. The summed E-state index contributed by atoms with van der Waals surface area (Å²) in [6, 6.07) is 12.6. The zero-order valence-electron chi connectivity index (χ0n) is 15.5. The summed E-state index contributed by atoms with van der Waals surface area (Å²) >= 11 is 1.72. The smallest absolute Gasteiger partial charge is 0.227 e. The van der Waals surface area contributed by atoms with Crippen LogP contribution in [-0.2, 0) is 0 Å². The van der Waals surface area contributed by atoms with Crippen molar-refractivity contribution in [1.82, 2.24) is 19.5 Å². The van der Waals surface area contributed by atoms with Crippen LogP contribution in [-0.4, -0.2) is 25.8 Å². The van der Waals surface area contributed by atoms with Crippen LogP contribution < -0.4 is 5.32 Å². The Balaban J connectivity index is 1.71. The minimum atomic E-state index is 0.347. The SMILES string of the molecule is CSc1ccc(Nc2nccc(-c3cn(C(C)C)c4cnccc34)n2)cc1. The lowest BCUT2D eigenvalue weighted by Gasteiger charge is -2.08. The first-order valence-electron chi connectivity index (χ1n) is 8.85. The summed E-state index contributed by atoms with van der Waals surface area (Å²) in [7, 11) is 0. The standard InChI is InChI=1S/C21H21N5S/c1-14(2)26-13-18(17-8-10-22-12-20(17)26)19-9-11-23-21(25-19)24-15-4-6-16(27-3)7-5-15/h4-14H,1-3H3,(H,23,24,25). The number of hydrogen-bond donors (Lipinski definition) is 1. The minimum absolute atomic E-state index is 0.347. The molecule has 0 aliphatic rings. The van der Waals surface area contributed by atoms with Crippen LogP contribution in [0.15, 0.2) is 66.1 Å². The van der Waals surface area contributed by atoms with E-state index in [0.717, 1.165) is 27.8 Å². The van der Waals surface area contributed by atoms with Crippen LogP contribution in [0.3, 0.4) is 0 Å². The highest BCUT2D eigenvalue weighted by Gasteiger charge is 2.13. The molecule has 0 spiro atoms. The number of benzene rings is 1. The molecule has 136 valence electrons. The highest BCUT2D eigenvalue weighted by atomic mass is 32.2. The third-order valence-electron chi connectivity index (χ3n) is 4.47. The molecular weight excluding hydrogens is 354 g/mol. The van der Waals surface area contributed by atoms with Gasteiger partial charge in [0.05, 0.1) is 17.4 Å². The molecular formula is C21H21N5S. The van der Waals surface area contributed by atoms with Crippen LogP contribution in [0.25, 0.3) is 22.2 Å². The molecule has 0 aliphatic carbocycles. The van der Waals surface area contributed by atoms with Gasteiger partial charge in [0, 0.05) is 46.2 Å². The van der Waals surface area contributed by atoms with Crippen LogP contribution in [0, 0.1) is 0 Å². The summed E-state index contributed by atoms with van der Waals surface area (Å²) < 4.78 is 2.23. The maximum absolute atomic E-state index is 4.74. The van der Waals surface area contributed by atoms with Crippen LogP contribution in [0.5, 0.6) is 0 Å². The average Bonchev–Trinajstić information content (AvgIpc) is 3.09. The van der Waals surface area contributed by atoms with Crippen LogP contribution in [0.2, 0.25) is 0 Å². The Morgan fingerprint density at radius 2 is 1.85 bits per heavy atom. The number of hydrogen-bond acceptors (Lipinski definition) is 5. The van der Waals surface area contributed by atoms with Gasteiger partial charge in [-0.1, -0.05) is 0 Å². The fourth-order valence-electron chi connectivity index (χ4n) is 3.10. The molecule has 0 fully saturated rings. The van der Waals surface area contributed by atoms with Gasteiger partial charge in [0.2, 0.25) is 5.95 Å². The van der Waals surface area contributed by atoms with Crippen molar-refractivity contribution in [2.75, 3.05) is 11.6 Å². The molecule has 4 rings (SSSR count). The number of rotatable bonds is 5. The van der Waals surface area contributed by atoms with E-state index in [-0.39, 0.29) is 0 Å². The maximum Gasteiger partial charge on any atom is 0.227 e. The molecule has 1 aromatic carbocycles. The Morgan fingerprint density at radius 1 is 1.04 bits per heavy atom. The molecule has 0 radical (unpaired) electrons. The third kappa shape index (κ3) is 3.53. The summed E-state index contributed by atoms with van der Waals surface area (Å²) in [5.41, 5.74) is 4.06. The lowest BCUT2D eigenvalue weighted by molar-refractivity contribution is 0.622. The zero-order valence-corrected chi connectivity index (χ0v) is 16.4. The lowest BCUT2D eigenvalue weighted by atomic mass is 10.1. The minimum Gasteiger partial charge on any atom is -0.343 e. The Hall–Kier alpha value is -2.86. The van der Waals surface area contributed by atoms with Crippen molar-refractivity contribution >= 4 is 34.3 Å². The van der Waals surface area contributed by atoms with Gasteiger partial charge in [-0.2, -0.15) is 0 Å². The number of thioether (sulfide) groups is 1. The second kappa shape index (κ2) is 7.40. The fourth-order valence-corrected chi connectivity index (χ4v) is 3.51. The van der Waals surface area contributed by atoms with Crippen molar-refractivity contribution in [3.05, 3.63) is 61.2 Å². The van der Waals surface area contributed by atoms with Gasteiger partial charge >= 0.3 is 0 Å². The molecule has 3 aromatic heterocycles. The third-order valence-corrected chi connectivity index (χ3v) is 5.21. The Labute approximate surface area is 162 Å². The summed E-state index contributed by atoms with van der Waals surface area (Å²) in [6.45, 7) is 4.34. The van der Waals surface area contributed by atoms with Gasteiger partial charge in [0.1, 0.15) is 0 Å². The summed E-state index contributed by atoms with van der Waals surface area (Å²) in [4.78, 5) is 14.6. The molecule has 0 atom stereocenters. The normalized spacial score (nSPS) is 11.3. The molecule has 5 nitrogen and oxygen atoms in total. The van der Waals surface area contributed by atoms with E-state index in [4.69, 9.17) is 4.98 Å². The molecule has 0 unspecified atom stereocenters. The second-order valence-corrected chi connectivity index (χ2v) is 7.44. The van der Waals surface area contributed by atoms with E-state index in [0.29, 0.717) is 12.0 Å². The van der Waals surface area contributed by atoms with Crippen molar-refractivity contribution in [2.24, 2.45) is 0 Å². The van der Waals surface area contributed by atoms with Gasteiger partial charge in [-0.15, -0.1) is 11.8 Å². The predicted molar refractivity (Wildman–Crippen MR) is 113 cm³/mol. The molecule has 4 aromatic rings. The number of pyridine rings is 1. The molecule has 27 heavy (non-hydrogen) atoms. The molecule has 0 saturated heterocycles. The van der Waals surface area contributed by atoms with Crippen LogP contribution in [0.1, 0.15) is 19.9 Å². The maximum atomic E-state index is 4.74. The van der Waals surface area contributed by atoms with Crippen molar-refractivity contribution in [3.63, 3.8) is 0 Å². The first kappa shape index (κ1) is 17.5. The Morgan fingerprint density at radius 3 is 2.59 bits per heavy atom. The number of fused-ring (bicyclic) bond motifs is 1. The molecule has 1 N–H and O–H groups in total. The van der Waals surface area contributed by atoms with Gasteiger partial charge in [-0.3, -0.25) is 4.98 Å². The van der Waals surface area contributed by atoms with E-state index >= 15 is 0 Å². The number of nitrogens with one attached hydrogen (secondary N) is 1. The van der Waals surface area contributed by atoms with E-state index in [1.807, 2.05) is 36.7 Å². The van der Waals surface area contributed by atoms with Crippen LogP contribution >= 0.6 is 11.8 Å². The van der Waals surface area contributed by atoms with Crippen molar-refractivity contribution in [3.8, 4) is 11.3 Å². The quantitative estimate of drug-likeness (QED) is 0.464. The first-order chi connectivity index (χ1) is 13.2. The fraction of sp³-hybridized carbons (Fsp3) is 0.190. The molecule has 0 bridgehead atoms. The van der Waals surface area contributed by atoms with Crippen molar-refractivity contribution in [2.45, 2.75) is 24.8 Å². The topological polar surface area (TPSA) is 55.6 Å². The highest BCUT2D eigenvalue weighted by Crippen LogP contribution is 2.31. The number of nitrogens with zero attached hydrogens (tertiary/aromatic N) is 4. The van der Waals surface area contributed by atoms with E-state index in [9.17, 15) is 0 Å². The van der Waals surface area contributed by atoms with Gasteiger partial charge < -0.3 is 9.88 Å². The van der Waals surface area contributed by atoms with E-state index < -0.39 is 0 Å². The van der Waals surface area contributed by atoms with Gasteiger partial charge in [-0.25, -0.2) is 9.97 Å². The summed E-state index contributed by atoms with van der Waals surface area (Å²) in [5.74, 6) is 0.587. The van der Waals surface area contributed by atoms with Gasteiger partial charge in [0.25, 0.3) is 0 Å². The molecule has 0 amide bonds. The number of aromatic nitrogens is 4. The van der Waals surface area contributed by atoms with Crippen molar-refractivity contribution < 1.29 is 0 Å². The molecule has 0 saturated carbocycles.